The molecule has 1 amide bonds. The van der Waals surface area contributed by atoms with Crippen molar-refractivity contribution in [3.8, 4) is 0 Å². The normalized spacial score (nSPS) is 18.1. The average molecular weight is 239 g/mol. The number of nitrogens with zero attached hydrogens (tertiary/aromatic N) is 2. The lowest BCUT2D eigenvalue weighted by atomic mass is 10.2. The van der Waals surface area contributed by atoms with E-state index in [-0.39, 0.29) is 11.9 Å². The SMILES string of the molecule is CC(NCc1ccon1)C(=O)N1CCOCC1. The molecule has 1 N–H and O–H groups in total. The Morgan fingerprint density at radius 3 is 3.00 bits per heavy atom. The van der Waals surface area contributed by atoms with Crippen LogP contribution in [0.3, 0.4) is 0 Å². The van der Waals surface area contributed by atoms with Crippen molar-refractivity contribution in [3.05, 3.63) is 18.0 Å². The molecular formula is C11H17N3O3. The third kappa shape index (κ3) is 3.28. The van der Waals surface area contributed by atoms with E-state index in [9.17, 15) is 4.79 Å². The van der Waals surface area contributed by atoms with Gasteiger partial charge in [0.25, 0.3) is 0 Å². The van der Waals surface area contributed by atoms with Gasteiger partial charge in [-0.25, -0.2) is 0 Å². The lowest BCUT2D eigenvalue weighted by Crippen LogP contribution is -2.49. The van der Waals surface area contributed by atoms with Gasteiger partial charge in [0.1, 0.15) is 6.26 Å². The van der Waals surface area contributed by atoms with E-state index in [4.69, 9.17) is 9.26 Å². The molecule has 2 rings (SSSR count). The van der Waals surface area contributed by atoms with Crippen molar-refractivity contribution in [2.75, 3.05) is 26.3 Å². The summed E-state index contributed by atoms with van der Waals surface area (Å²) in [7, 11) is 0. The first-order valence-electron chi connectivity index (χ1n) is 5.76. The molecule has 0 aliphatic carbocycles. The Hall–Kier alpha value is -1.40. The zero-order valence-electron chi connectivity index (χ0n) is 9.89. The van der Waals surface area contributed by atoms with Gasteiger partial charge in [0, 0.05) is 25.7 Å². The molecule has 1 aliphatic heterocycles. The topological polar surface area (TPSA) is 67.6 Å². The average Bonchev–Trinajstić information content (AvgIpc) is 2.89. The minimum absolute atomic E-state index is 0.108. The maximum atomic E-state index is 12.0. The summed E-state index contributed by atoms with van der Waals surface area (Å²) in [6.45, 7) is 5.00. The highest BCUT2D eigenvalue weighted by molar-refractivity contribution is 5.81. The van der Waals surface area contributed by atoms with E-state index in [1.165, 1.54) is 6.26 Å². The summed E-state index contributed by atoms with van der Waals surface area (Å²) in [4.78, 5) is 13.8. The molecule has 6 heteroatoms. The maximum Gasteiger partial charge on any atom is 0.239 e. The second kappa shape index (κ2) is 5.79. The van der Waals surface area contributed by atoms with Crippen molar-refractivity contribution in [1.29, 1.82) is 0 Å². The molecule has 17 heavy (non-hydrogen) atoms. The molecule has 2 heterocycles. The van der Waals surface area contributed by atoms with Crippen molar-refractivity contribution in [2.45, 2.75) is 19.5 Å². The fourth-order valence-electron chi connectivity index (χ4n) is 1.73. The Morgan fingerprint density at radius 1 is 1.59 bits per heavy atom. The molecule has 1 aliphatic rings. The predicted octanol–water partition coefficient (Wildman–Crippen LogP) is 0.0115. The van der Waals surface area contributed by atoms with E-state index in [1.807, 2.05) is 11.8 Å². The molecule has 0 aromatic carbocycles. The quantitative estimate of drug-likeness (QED) is 0.801. The molecule has 1 unspecified atom stereocenters. The Morgan fingerprint density at radius 2 is 2.35 bits per heavy atom. The van der Waals surface area contributed by atoms with Crippen LogP contribution in [0.2, 0.25) is 0 Å². The number of hydrogen-bond donors (Lipinski definition) is 1. The summed E-state index contributed by atoms with van der Waals surface area (Å²) < 4.78 is 9.93. The fourth-order valence-corrected chi connectivity index (χ4v) is 1.73. The first-order valence-corrected chi connectivity index (χ1v) is 5.76. The minimum Gasteiger partial charge on any atom is -0.378 e. The van der Waals surface area contributed by atoms with Gasteiger partial charge < -0.3 is 19.5 Å². The zero-order chi connectivity index (χ0) is 12.1. The summed E-state index contributed by atoms with van der Waals surface area (Å²) >= 11 is 0. The Balaban J connectivity index is 1.78. The van der Waals surface area contributed by atoms with Gasteiger partial charge >= 0.3 is 0 Å². The fraction of sp³-hybridized carbons (Fsp3) is 0.636. The number of ether oxygens (including phenoxy) is 1. The van der Waals surface area contributed by atoms with Crippen LogP contribution in [0.25, 0.3) is 0 Å². The highest BCUT2D eigenvalue weighted by Gasteiger charge is 2.21. The Kier molecular flexibility index (Phi) is 4.11. The summed E-state index contributed by atoms with van der Waals surface area (Å²) in [6.07, 6.45) is 1.52. The van der Waals surface area contributed by atoms with Crippen LogP contribution in [0, 0.1) is 0 Å². The van der Waals surface area contributed by atoms with Crippen LogP contribution in [0.15, 0.2) is 16.9 Å². The van der Waals surface area contributed by atoms with E-state index in [2.05, 4.69) is 10.5 Å². The second-order valence-electron chi connectivity index (χ2n) is 4.03. The number of morpholine rings is 1. The Labute approximate surface area is 99.9 Å². The number of nitrogens with one attached hydrogen (secondary N) is 1. The molecule has 6 nitrogen and oxygen atoms in total. The molecule has 1 aromatic rings. The molecule has 1 saturated heterocycles. The summed E-state index contributed by atoms with van der Waals surface area (Å²) in [6, 6.07) is 1.56. The third-order valence-electron chi connectivity index (χ3n) is 2.77. The van der Waals surface area contributed by atoms with Crippen molar-refractivity contribution in [2.24, 2.45) is 0 Å². The molecule has 1 atom stereocenters. The van der Waals surface area contributed by atoms with Gasteiger partial charge in [-0.15, -0.1) is 0 Å². The predicted molar refractivity (Wildman–Crippen MR) is 60.2 cm³/mol. The van der Waals surface area contributed by atoms with Crippen LogP contribution in [0.4, 0.5) is 0 Å². The van der Waals surface area contributed by atoms with E-state index in [1.54, 1.807) is 6.07 Å². The lowest BCUT2D eigenvalue weighted by Gasteiger charge is -2.29. The van der Waals surface area contributed by atoms with E-state index >= 15 is 0 Å². The van der Waals surface area contributed by atoms with Gasteiger partial charge in [-0.1, -0.05) is 5.16 Å². The first kappa shape index (κ1) is 12.1. The smallest absolute Gasteiger partial charge is 0.239 e. The molecule has 94 valence electrons. The molecule has 0 spiro atoms. The third-order valence-corrected chi connectivity index (χ3v) is 2.77. The van der Waals surface area contributed by atoms with Crippen LogP contribution >= 0.6 is 0 Å². The second-order valence-corrected chi connectivity index (χ2v) is 4.03. The van der Waals surface area contributed by atoms with Crippen LogP contribution in [0.5, 0.6) is 0 Å². The van der Waals surface area contributed by atoms with Gasteiger partial charge in [-0.05, 0) is 6.92 Å². The van der Waals surface area contributed by atoms with E-state index < -0.39 is 0 Å². The number of rotatable bonds is 4. The zero-order valence-corrected chi connectivity index (χ0v) is 9.89. The highest BCUT2D eigenvalue weighted by Crippen LogP contribution is 2.01. The monoisotopic (exact) mass is 239 g/mol. The molecular weight excluding hydrogens is 222 g/mol. The Bertz CT molecular complexity index is 347. The van der Waals surface area contributed by atoms with Gasteiger partial charge in [0.15, 0.2) is 0 Å². The van der Waals surface area contributed by atoms with Gasteiger partial charge in [0.2, 0.25) is 5.91 Å². The summed E-state index contributed by atoms with van der Waals surface area (Å²) in [5.74, 6) is 0.108. The number of aromatic nitrogens is 1. The van der Waals surface area contributed by atoms with Gasteiger partial charge in [-0.2, -0.15) is 0 Å². The number of carbonyl (C=O) groups is 1. The highest BCUT2D eigenvalue weighted by atomic mass is 16.5. The summed E-state index contributed by atoms with van der Waals surface area (Å²) in [5.41, 5.74) is 0.798. The van der Waals surface area contributed by atoms with Crippen molar-refractivity contribution in [3.63, 3.8) is 0 Å². The van der Waals surface area contributed by atoms with E-state index in [0.717, 1.165) is 5.69 Å². The van der Waals surface area contributed by atoms with Gasteiger partial charge in [-0.3, -0.25) is 4.79 Å². The molecule has 1 fully saturated rings. The van der Waals surface area contributed by atoms with Crippen LogP contribution in [-0.2, 0) is 16.1 Å². The standard InChI is InChI=1S/C11H17N3O3/c1-9(12-8-10-2-5-17-13-10)11(15)14-3-6-16-7-4-14/h2,5,9,12H,3-4,6-8H2,1H3. The van der Waals surface area contributed by atoms with Crippen LogP contribution in [-0.4, -0.2) is 48.3 Å². The first-order chi connectivity index (χ1) is 8.27. The van der Waals surface area contributed by atoms with Crippen molar-refractivity contribution < 1.29 is 14.1 Å². The molecule has 0 saturated carbocycles. The number of carbonyl (C=O) groups excluding carboxylic acids is 1. The number of hydrogen-bond acceptors (Lipinski definition) is 5. The molecule has 0 radical (unpaired) electrons. The van der Waals surface area contributed by atoms with Crippen LogP contribution in [0.1, 0.15) is 12.6 Å². The molecule has 1 aromatic heterocycles. The van der Waals surface area contributed by atoms with Crippen molar-refractivity contribution >= 4 is 5.91 Å². The lowest BCUT2D eigenvalue weighted by molar-refractivity contribution is -0.137. The maximum absolute atomic E-state index is 12.0. The van der Waals surface area contributed by atoms with Crippen LogP contribution < -0.4 is 5.32 Å². The summed E-state index contributed by atoms with van der Waals surface area (Å²) in [5, 5.41) is 6.91. The molecule has 0 bridgehead atoms. The van der Waals surface area contributed by atoms with Gasteiger partial charge in [0.05, 0.1) is 24.9 Å². The minimum atomic E-state index is -0.218. The van der Waals surface area contributed by atoms with Crippen molar-refractivity contribution in [1.82, 2.24) is 15.4 Å². The van der Waals surface area contributed by atoms with E-state index in [0.29, 0.717) is 32.8 Å². The largest absolute Gasteiger partial charge is 0.378 e. The number of amides is 1.